The van der Waals surface area contributed by atoms with Crippen LogP contribution in [0.4, 0.5) is 0 Å². The molecule has 1 aromatic carbocycles. The molecular formula is C19H25N3O3S. The highest BCUT2D eigenvalue weighted by atomic mass is 32.1. The molecule has 0 fully saturated rings. The first-order valence-corrected chi connectivity index (χ1v) is 9.33. The number of hydrogen-bond donors (Lipinski definition) is 2. The molecule has 2 aromatic rings. The number of amides is 2. The second kappa shape index (κ2) is 9.94. The zero-order valence-electron chi connectivity index (χ0n) is 15.3. The van der Waals surface area contributed by atoms with Crippen molar-refractivity contribution in [2.75, 3.05) is 34.3 Å². The molecule has 1 atom stereocenters. The van der Waals surface area contributed by atoms with Gasteiger partial charge in [0, 0.05) is 36.0 Å². The van der Waals surface area contributed by atoms with Gasteiger partial charge in [-0.15, -0.1) is 0 Å². The van der Waals surface area contributed by atoms with Crippen LogP contribution < -0.4 is 15.4 Å². The van der Waals surface area contributed by atoms with Gasteiger partial charge in [-0.2, -0.15) is 11.3 Å². The number of ether oxygens (including phenoxy) is 1. The van der Waals surface area contributed by atoms with Crippen LogP contribution in [-0.4, -0.2) is 51.0 Å². The number of carbonyl (C=O) groups excluding carboxylic acids is 2. The van der Waals surface area contributed by atoms with Gasteiger partial charge >= 0.3 is 0 Å². The Bertz CT molecular complexity index is 717. The minimum atomic E-state index is -0.153. The number of nitrogens with one attached hydrogen (secondary N) is 2. The van der Waals surface area contributed by atoms with Crippen molar-refractivity contribution in [3.8, 4) is 5.75 Å². The lowest BCUT2D eigenvalue weighted by Crippen LogP contribution is -2.36. The van der Waals surface area contributed by atoms with Crippen molar-refractivity contribution in [3.05, 3.63) is 52.2 Å². The van der Waals surface area contributed by atoms with Gasteiger partial charge in [0.2, 0.25) is 5.91 Å². The highest BCUT2D eigenvalue weighted by molar-refractivity contribution is 7.08. The number of rotatable bonds is 9. The SMILES string of the molecule is COc1ccccc1C(CNC(=O)CCNC(=O)c1ccsc1)N(C)C. The molecule has 0 saturated carbocycles. The molecule has 7 heteroatoms. The van der Waals surface area contributed by atoms with E-state index >= 15 is 0 Å². The molecule has 0 aliphatic heterocycles. The fourth-order valence-corrected chi connectivity index (χ4v) is 3.23. The van der Waals surface area contributed by atoms with Gasteiger partial charge < -0.3 is 20.3 Å². The predicted octanol–water partition coefficient (Wildman–Crippen LogP) is 2.30. The summed E-state index contributed by atoms with van der Waals surface area (Å²) in [6.45, 7) is 0.770. The summed E-state index contributed by atoms with van der Waals surface area (Å²) in [6, 6.07) is 9.54. The molecule has 0 spiro atoms. The largest absolute Gasteiger partial charge is 0.496 e. The summed E-state index contributed by atoms with van der Waals surface area (Å²) in [5, 5.41) is 9.32. The van der Waals surface area contributed by atoms with Gasteiger partial charge in [0.05, 0.1) is 13.2 Å². The standard InChI is InChI=1S/C19H25N3O3S/c1-22(2)16(15-6-4-5-7-17(15)25-3)12-21-18(23)8-10-20-19(24)14-9-11-26-13-14/h4-7,9,11,13,16H,8,10,12H2,1-3H3,(H,20,24)(H,21,23). The van der Waals surface area contributed by atoms with E-state index in [-0.39, 0.29) is 24.3 Å². The Balaban J connectivity index is 1.83. The number of thiophene rings is 1. The maximum atomic E-state index is 12.1. The lowest BCUT2D eigenvalue weighted by Gasteiger charge is -2.26. The summed E-state index contributed by atoms with van der Waals surface area (Å²) >= 11 is 1.47. The molecule has 1 heterocycles. The van der Waals surface area contributed by atoms with E-state index in [1.165, 1.54) is 11.3 Å². The Morgan fingerprint density at radius 3 is 2.62 bits per heavy atom. The van der Waals surface area contributed by atoms with Gasteiger partial charge in [-0.3, -0.25) is 9.59 Å². The average molecular weight is 375 g/mol. The second-order valence-corrected chi connectivity index (χ2v) is 6.82. The first-order chi connectivity index (χ1) is 12.5. The lowest BCUT2D eigenvalue weighted by molar-refractivity contribution is -0.121. The molecule has 2 rings (SSSR count). The van der Waals surface area contributed by atoms with Crippen LogP contribution in [-0.2, 0) is 4.79 Å². The summed E-state index contributed by atoms with van der Waals surface area (Å²) < 4.78 is 5.42. The smallest absolute Gasteiger partial charge is 0.252 e. The number of nitrogens with zero attached hydrogens (tertiary/aromatic N) is 1. The Morgan fingerprint density at radius 1 is 1.19 bits per heavy atom. The monoisotopic (exact) mass is 375 g/mol. The Kier molecular flexibility index (Phi) is 7.62. The summed E-state index contributed by atoms with van der Waals surface area (Å²) in [6.07, 6.45) is 0.238. The second-order valence-electron chi connectivity index (χ2n) is 6.04. The van der Waals surface area contributed by atoms with E-state index in [1.54, 1.807) is 18.6 Å². The van der Waals surface area contributed by atoms with Crippen molar-refractivity contribution in [2.45, 2.75) is 12.5 Å². The third kappa shape index (κ3) is 5.57. The molecule has 2 amide bonds. The number of para-hydroxylation sites is 1. The zero-order chi connectivity index (χ0) is 18.9. The van der Waals surface area contributed by atoms with Crippen molar-refractivity contribution in [1.29, 1.82) is 0 Å². The van der Waals surface area contributed by atoms with Gasteiger partial charge in [0.15, 0.2) is 0 Å². The number of likely N-dealkylation sites (N-methyl/N-ethyl adjacent to an activating group) is 1. The van der Waals surface area contributed by atoms with Crippen LogP contribution in [0.2, 0.25) is 0 Å². The number of hydrogen-bond acceptors (Lipinski definition) is 5. The van der Waals surface area contributed by atoms with Gasteiger partial charge in [-0.25, -0.2) is 0 Å². The van der Waals surface area contributed by atoms with Crippen LogP contribution in [0.5, 0.6) is 5.75 Å². The van der Waals surface area contributed by atoms with E-state index < -0.39 is 0 Å². The highest BCUT2D eigenvalue weighted by Crippen LogP contribution is 2.27. The van der Waals surface area contributed by atoms with E-state index in [4.69, 9.17) is 4.74 Å². The third-order valence-electron chi connectivity index (χ3n) is 4.03. The van der Waals surface area contributed by atoms with E-state index in [9.17, 15) is 9.59 Å². The molecule has 6 nitrogen and oxygen atoms in total. The summed E-state index contributed by atoms with van der Waals surface area (Å²) in [7, 11) is 5.56. The number of benzene rings is 1. The van der Waals surface area contributed by atoms with Gasteiger partial charge in [0.1, 0.15) is 5.75 Å². The van der Waals surface area contributed by atoms with E-state index in [0.717, 1.165) is 11.3 Å². The van der Waals surface area contributed by atoms with E-state index in [2.05, 4.69) is 10.6 Å². The van der Waals surface area contributed by atoms with Gasteiger partial charge in [0.25, 0.3) is 5.91 Å². The molecule has 0 aliphatic carbocycles. The Hall–Kier alpha value is -2.38. The molecule has 0 radical (unpaired) electrons. The first-order valence-electron chi connectivity index (χ1n) is 8.39. The average Bonchev–Trinajstić information content (AvgIpc) is 3.16. The fraction of sp³-hybridized carbons (Fsp3) is 0.368. The van der Waals surface area contributed by atoms with Crippen molar-refractivity contribution in [3.63, 3.8) is 0 Å². The highest BCUT2D eigenvalue weighted by Gasteiger charge is 2.19. The van der Waals surface area contributed by atoms with Crippen LogP contribution in [0.15, 0.2) is 41.1 Å². The van der Waals surface area contributed by atoms with Crippen LogP contribution in [0.25, 0.3) is 0 Å². The Labute approximate surface area is 158 Å². The maximum Gasteiger partial charge on any atom is 0.252 e. The van der Waals surface area contributed by atoms with Crippen LogP contribution in [0, 0.1) is 0 Å². The molecule has 0 aliphatic rings. The quantitative estimate of drug-likeness (QED) is 0.706. The topological polar surface area (TPSA) is 70.7 Å². The first kappa shape index (κ1) is 19.9. The lowest BCUT2D eigenvalue weighted by atomic mass is 10.0. The number of carbonyl (C=O) groups is 2. The van der Waals surface area contributed by atoms with Crippen molar-refractivity contribution in [2.24, 2.45) is 0 Å². The molecule has 26 heavy (non-hydrogen) atoms. The summed E-state index contributed by atoms with van der Waals surface area (Å²) in [5.41, 5.74) is 1.64. The van der Waals surface area contributed by atoms with Gasteiger partial charge in [-0.1, -0.05) is 18.2 Å². The molecule has 140 valence electrons. The van der Waals surface area contributed by atoms with Crippen LogP contribution in [0.3, 0.4) is 0 Å². The fourth-order valence-electron chi connectivity index (χ4n) is 2.60. The zero-order valence-corrected chi connectivity index (χ0v) is 16.1. The molecule has 0 bridgehead atoms. The normalized spacial score (nSPS) is 11.8. The maximum absolute atomic E-state index is 12.1. The van der Waals surface area contributed by atoms with Crippen LogP contribution >= 0.6 is 11.3 Å². The summed E-state index contributed by atoms with van der Waals surface area (Å²) in [4.78, 5) is 26.0. The van der Waals surface area contributed by atoms with Crippen molar-refractivity contribution in [1.82, 2.24) is 15.5 Å². The third-order valence-corrected chi connectivity index (χ3v) is 4.72. The molecule has 2 N–H and O–H groups in total. The molecule has 1 aromatic heterocycles. The Morgan fingerprint density at radius 2 is 1.96 bits per heavy atom. The minimum Gasteiger partial charge on any atom is -0.496 e. The molecular weight excluding hydrogens is 350 g/mol. The minimum absolute atomic E-state index is 0.00417. The van der Waals surface area contributed by atoms with E-state index in [0.29, 0.717) is 18.7 Å². The van der Waals surface area contributed by atoms with Gasteiger partial charge in [-0.05, 0) is 31.6 Å². The van der Waals surface area contributed by atoms with E-state index in [1.807, 2.05) is 48.6 Å². The number of methoxy groups -OCH3 is 1. The molecule has 0 saturated heterocycles. The predicted molar refractivity (Wildman–Crippen MR) is 104 cm³/mol. The summed E-state index contributed by atoms with van der Waals surface area (Å²) in [5.74, 6) is 0.542. The van der Waals surface area contributed by atoms with Crippen molar-refractivity contribution < 1.29 is 14.3 Å². The molecule has 1 unspecified atom stereocenters. The van der Waals surface area contributed by atoms with Crippen molar-refractivity contribution >= 4 is 23.2 Å². The van der Waals surface area contributed by atoms with Crippen LogP contribution in [0.1, 0.15) is 28.4 Å².